The van der Waals surface area contributed by atoms with Crippen molar-refractivity contribution in [1.29, 1.82) is 0 Å². The van der Waals surface area contributed by atoms with E-state index in [1.165, 1.54) is 37.7 Å². The average molecular weight is 275 g/mol. The highest BCUT2D eigenvalue weighted by atomic mass is 16.5. The van der Waals surface area contributed by atoms with Gasteiger partial charge in [-0.15, -0.1) is 0 Å². The molecule has 0 saturated heterocycles. The quantitative estimate of drug-likeness (QED) is 0.705. The first-order valence-electron chi connectivity index (χ1n) is 8.30. The number of benzene rings is 1. The van der Waals surface area contributed by atoms with Crippen LogP contribution in [0.15, 0.2) is 24.3 Å². The van der Waals surface area contributed by atoms with Crippen molar-refractivity contribution >= 4 is 0 Å². The molecule has 0 fully saturated rings. The largest absolute Gasteiger partial charge is 0.493 e. The summed E-state index contributed by atoms with van der Waals surface area (Å²) in [5.74, 6) is 1.76. The monoisotopic (exact) mass is 275 g/mol. The molecule has 1 N–H and O–H groups in total. The molecule has 112 valence electrons. The van der Waals surface area contributed by atoms with Gasteiger partial charge in [-0.2, -0.15) is 0 Å². The van der Waals surface area contributed by atoms with Crippen molar-refractivity contribution in [3.05, 3.63) is 29.8 Å². The molecule has 0 radical (unpaired) electrons. The molecule has 2 heteroatoms. The molecule has 2 atom stereocenters. The van der Waals surface area contributed by atoms with Crippen molar-refractivity contribution in [2.24, 2.45) is 0 Å². The van der Waals surface area contributed by atoms with Crippen LogP contribution in [0.1, 0.15) is 63.9 Å². The fraction of sp³-hybridized carbons (Fsp3) is 0.667. The van der Waals surface area contributed by atoms with Crippen molar-refractivity contribution in [1.82, 2.24) is 5.32 Å². The second kappa shape index (κ2) is 8.31. The first-order chi connectivity index (χ1) is 9.85. The van der Waals surface area contributed by atoms with E-state index in [4.69, 9.17) is 4.74 Å². The highest BCUT2D eigenvalue weighted by Crippen LogP contribution is 2.36. The average Bonchev–Trinajstić information content (AvgIpc) is 2.48. The van der Waals surface area contributed by atoms with E-state index in [0.717, 1.165) is 25.3 Å². The Balaban J connectivity index is 1.96. The van der Waals surface area contributed by atoms with Crippen molar-refractivity contribution in [2.45, 2.75) is 64.3 Å². The molecule has 0 aromatic heterocycles. The maximum atomic E-state index is 5.77. The molecule has 2 rings (SSSR count). The Morgan fingerprint density at radius 2 is 2.10 bits per heavy atom. The summed E-state index contributed by atoms with van der Waals surface area (Å²) >= 11 is 0. The zero-order valence-corrected chi connectivity index (χ0v) is 13.0. The number of hydrogen-bond donors (Lipinski definition) is 1. The van der Waals surface area contributed by atoms with Crippen molar-refractivity contribution < 1.29 is 4.74 Å². The molecule has 0 spiro atoms. The number of rotatable bonds is 8. The molecule has 0 saturated carbocycles. The van der Waals surface area contributed by atoms with E-state index in [2.05, 4.69) is 43.4 Å². The van der Waals surface area contributed by atoms with E-state index in [1.54, 1.807) is 0 Å². The Hall–Kier alpha value is -1.02. The van der Waals surface area contributed by atoms with Gasteiger partial charge in [-0.3, -0.25) is 0 Å². The van der Waals surface area contributed by atoms with Gasteiger partial charge >= 0.3 is 0 Å². The highest BCUT2D eigenvalue weighted by molar-refractivity contribution is 5.37. The Morgan fingerprint density at radius 1 is 1.25 bits per heavy atom. The van der Waals surface area contributed by atoms with Gasteiger partial charge in [-0.25, -0.2) is 0 Å². The molecule has 1 aliphatic rings. The van der Waals surface area contributed by atoms with Crippen molar-refractivity contribution in [3.8, 4) is 5.75 Å². The summed E-state index contributed by atoms with van der Waals surface area (Å²) in [6, 6.07) is 9.22. The maximum absolute atomic E-state index is 5.77. The van der Waals surface area contributed by atoms with Gasteiger partial charge in [0.2, 0.25) is 0 Å². The van der Waals surface area contributed by atoms with Gasteiger partial charge < -0.3 is 10.1 Å². The second-order valence-corrected chi connectivity index (χ2v) is 5.86. The summed E-state index contributed by atoms with van der Waals surface area (Å²) < 4.78 is 5.77. The lowest BCUT2D eigenvalue weighted by Gasteiger charge is -2.29. The predicted octanol–water partition coefficient (Wildman–Crippen LogP) is 4.50. The van der Waals surface area contributed by atoms with Gasteiger partial charge in [0.25, 0.3) is 0 Å². The predicted molar refractivity (Wildman–Crippen MR) is 85.5 cm³/mol. The van der Waals surface area contributed by atoms with Crippen molar-refractivity contribution in [3.63, 3.8) is 0 Å². The van der Waals surface area contributed by atoms with Gasteiger partial charge in [0, 0.05) is 6.04 Å². The normalized spacial score (nSPS) is 19.2. The number of unbranched alkanes of at least 4 members (excludes halogenated alkanes) is 2. The lowest BCUT2D eigenvalue weighted by Crippen LogP contribution is -2.31. The van der Waals surface area contributed by atoms with Crippen LogP contribution in [0.4, 0.5) is 0 Å². The third-order valence-corrected chi connectivity index (χ3v) is 4.30. The number of nitrogens with one attached hydrogen (secondary N) is 1. The van der Waals surface area contributed by atoms with E-state index in [0.29, 0.717) is 12.0 Å². The first-order valence-corrected chi connectivity index (χ1v) is 8.30. The molecule has 1 aromatic carbocycles. The highest BCUT2D eigenvalue weighted by Gasteiger charge is 2.23. The van der Waals surface area contributed by atoms with Crippen LogP contribution in [0.2, 0.25) is 0 Å². The van der Waals surface area contributed by atoms with E-state index in [1.807, 2.05) is 0 Å². The summed E-state index contributed by atoms with van der Waals surface area (Å²) in [6.45, 7) is 6.43. The molecule has 2 unspecified atom stereocenters. The van der Waals surface area contributed by atoms with E-state index >= 15 is 0 Å². The lowest BCUT2D eigenvalue weighted by atomic mass is 9.86. The van der Waals surface area contributed by atoms with Gasteiger partial charge in [0.1, 0.15) is 5.75 Å². The SMILES string of the molecule is CCCCCC(CC1CCOc2ccccc21)NCC. The standard InChI is InChI=1S/C18H29NO/c1-3-5-6-9-16(19-4-2)14-15-12-13-20-18-11-8-7-10-17(15)18/h7-8,10-11,15-16,19H,3-6,9,12-14H2,1-2H3. The fourth-order valence-corrected chi connectivity index (χ4v) is 3.24. The van der Waals surface area contributed by atoms with E-state index < -0.39 is 0 Å². The fourth-order valence-electron chi connectivity index (χ4n) is 3.24. The molecular weight excluding hydrogens is 246 g/mol. The van der Waals surface area contributed by atoms with E-state index in [9.17, 15) is 0 Å². The number of ether oxygens (including phenoxy) is 1. The summed E-state index contributed by atoms with van der Waals surface area (Å²) in [4.78, 5) is 0. The smallest absolute Gasteiger partial charge is 0.122 e. The summed E-state index contributed by atoms with van der Waals surface area (Å²) in [7, 11) is 0. The van der Waals surface area contributed by atoms with Gasteiger partial charge in [-0.05, 0) is 43.4 Å². The molecule has 1 aromatic rings. The van der Waals surface area contributed by atoms with E-state index in [-0.39, 0.29) is 0 Å². The lowest BCUT2D eigenvalue weighted by molar-refractivity contribution is 0.253. The minimum atomic E-state index is 0.655. The summed E-state index contributed by atoms with van der Waals surface area (Å²) in [5, 5.41) is 3.68. The molecule has 0 bridgehead atoms. The molecule has 0 amide bonds. The van der Waals surface area contributed by atoms with Crippen LogP contribution in [0.3, 0.4) is 0 Å². The minimum absolute atomic E-state index is 0.655. The van der Waals surface area contributed by atoms with Gasteiger partial charge in [-0.1, -0.05) is 51.3 Å². The van der Waals surface area contributed by atoms with Crippen molar-refractivity contribution in [2.75, 3.05) is 13.2 Å². The van der Waals surface area contributed by atoms with Gasteiger partial charge in [0.15, 0.2) is 0 Å². The topological polar surface area (TPSA) is 21.3 Å². The van der Waals surface area contributed by atoms with Crippen LogP contribution < -0.4 is 10.1 Å². The van der Waals surface area contributed by atoms with Gasteiger partial charge in [0.05, 0.1) is 6.61 Å². The van der Waals surface area contributed by atoms with Crippen LogP contribution >= 0.6 is 0 Å². The maximum Gasteiger partial charge on any atom is 0.122 e. The van der Waals surface area contributed by atoms with Crippen LogP contribution in [-0.2, 0) is 0 Å². The molecule has 1 heterocycles. The number of fused-ring (bicyclic) bond motifs is 1. The molecule has 20 heavy (non-hydrogen) atoms. The third-order valence-electron chi connectivity index (χ3n) is 4.30. The van der Waals surface area contributed by atoms with Crippen LogP contribution in [0, 0.1) is 0 Å². The zero-order valence-electron chi connectivity index (χ0n) is 13.0. The second-order valence-electron chi connectivity index (χ2n) is 5.86. The van der Waals surface area contributed by atoms with Crippen LogP contribution in [-0.4, -0.2) is 19.2 Å². The number of para-hydroxylation sites is 1. The summed E-state index contributed by atoms with van der Waals surface area (Å²) in [6.07, 6.45) is 7.72. The third kappa shape index (κ3) is 4.24. The molecule has 0 aliphatic carbocycles. The molecular formula is C18H29NO. The first kappa shape index (κ1) is 15.4. The molecule has 2 nitrogen and oxygen atoms in total. The van der Waals surface area contributed by atoms with Crippen LogP contribution in [0.25, 0.3) is 0 Å². The van der Waals surface area contributed by atoms with Crippen LogP contribution in [0.5, 0.6) is 5.75 Å². The number of hydrogen-bond acceptors (Lipinski definition) is 2. The summed E-state index contributed by atoms with van der Waals surface area (Å²) in [5.41, 5.74) is 1.41. The Labute approximate surface area is 123 Å². The Kier molecular flexibility index (Phi) is 6.38. The Bertz CT molecular complexity index is 391. The minimum Gasteiger partial charge on any atom is -0.493 e. The molecule has 1 aliphatic heterocycles. The zero-order chi connectivity index (χ0) is 14.2. The Morgan fingerprint density at radius 3 is 2.90 bits per heavy atom.